The van der Waals surface area contributed by atoms with E-state index in [-0.39, 0.29) is 4.90 Å². The number of carbonyl (C=O) groups excluding carboxylic acids is 1. The number of hydrogen-bond acceptors (Lipinski definition) is 5. The molecule has 124 valence electrons. The molecule has 0 saturated carbocycles. The lowest BCUT2D eigenvalue weighted by Gasteiger charge is -2.08. The fraction of sp³-hybridized carbons (Fsp3) is 0.0625. The second-order valence-corrected chi connectivity index (χ2v) is 7.68. The Labute approximate surface area is 141 Å². The van der Waals surface area contributed by atoms with Gasteiger partial charge in [-0.05, 0) is 53.9 Å². The number of carbonyl (C=O) groups is 1. The molecule has 3 aromatic rings. The van der Waals surface area contributed by atoms with E-state index < -0.39 is 21.8 Å². The minimum atomic E-state index is -3.82. The first-order valence-electron chi connectivity index (χ1n) is 6.79. The first-order valence-corrected chi connectivity index (χ1v) is 9.09. The van der Waals surface area contributed by atoms with Crippen molar-refractivity contribution in [1.29, 1.82) is 0 Å². The molecule has 0 atom stereocenters. The summed E-state index contributed by atoms with van der Waals surface area (Å²) < 4.78 is 45.5. The molecule has 0 spiro atoms. The van der Waals surface area contributed by atoms with E-state index in [1.807, 2.05) is 0 Å². The van der Waals surface area contributed by atoms with Gasteiger partial charge in [-0.15, -0.1) is 11.3 Å². The molecule has 1 N–H and O–H groups in total. The van der Waals surface area contributed by atoms with Gasteiger partial charge in [0, 0.05) is 10.4 Å². The first kappa shape index (κ1) is 16.4. The van der Waals surface area contributed by atoms with Gasteiger partial charge in [-0.3, -0.25) is 4.72 Å². The zero-order valence-corrected chi connectivity index (χ0v) is 14.1. The minimum Gasteiger partial charge on any atom is -0.465 e. The zero-order chi connectivity index (χ0) is 17.3. The average Bonchev–Trinajstić information content (AvgIpc) is 2.97. The fourth-order valence-electron chi connectivity index (χ4n) is 2.14. The van der Waals surface area contributed by atoms with Crippen LogP contribution >= 0.6 is 11.3 Å². The Morgan fingerprint density at radius 3 is 2.50 bits per heavy atom. The van der Waals surface area contributed by atoms with Gasteiger partial charge in [0.2, 0.25) is 0 Å². The highest BCUT2D eigenvalue weighted by molar-refractivity contribution is 7.92. The maximum Gasteiger partial charge on any atom is 0.348 e. The summed E-state index contributed by atoms with van der Waals surface area (Å²) in [7, 11) is -2.52. The van der Waals surface area contributed by atoms with Crippen molar-refractivity contribution < 1.29 is 22.3 Å². The van der Waals surface area contributed by atoms with Gasteiger partial charge in [0.1, 0.15) is 10.7 Å². The molecule has 0 saturated heterocycles. The molecule has 0 radical (unpaired) electrons. The molecule has 1 heterocycles. The van der Waals surface area contributed by atoms with Crippen LogP contribution in [0.5, 0.6) is 0 Å². The van der Waals surface area contributed by atoms with Crippen molar-refractivity contribution in [2.75, 3.05) is 11.8 Å². The molecule has 2 aromatic carbocycles. The maximum absolute atomic E-state index is 12.9. The minimum absolute atomic E-state index is 0.0374. The lowest BCUT2D eigenvalue weighted by Crippen LogP contribution is -2.12. The quantitative estimate of drug-likeness (QED) is 0.717. The number of hydrogen-bond donors (Lipinski definition) is 1. The van der Waals surface area contributed by atoms with Crippen molar-refractivity contribution in [2.45, 2.75) is 4.90 Å². The first-order chi connectivity index (χ1) is 11.4. The Hall–Kier alpha value is -2.45. The van der Waals surface area contributed by atoms with Crippen molar-refractivity contribution in [2.24, 2.45) is 0 Å². The predicted octanol–water partition coefficient (Wildman–Crippen LogP) is 3.63. The molecule has 0 aliphatic rings. The van der Waals surface area contributed by atoms with Crippen LogP contribution in [0.25, 0.3) is 10.1 Å². The van der Waals surface area contributed by atoms with E-state index >= 15 is 0 Å². The normalized spacial score (nSPS) is 11.4. The standard InChI is InChI=1S/C16H12FNO4S2/c1-22-16(19)15-9-10-8-12(4-7-14(10)23-15)18-24(20,21)13-5-2-11(17)3-6-13/h2-9,18H,1H3. The molecule has 1 aromatic heterocycles. The summed E-state index contributed by atoms with van der Waals surface area (Å²) >= 11 is 1.26. The number of benzene rings is 2. The molecule has 0 fully saturated rings. The summed E-state index contributed by atoms with van der Waals surface area (Å²) in [5, 5.41) is 0.722. The van der Waals surface area contributed by atoms with Crippen LogP contribution in [0.4, 0.5) is 10.1 Å². The number of anilines is 1. The van der Waals surface area contributed by atoms with Gasteiger partial charge in [0.25, 0.3) is 10.0 Å². The van der Waals surface area contributed by atoms with Crippen LogP contribution in [0.15, 0.2) is 53.4 Å². The van der Waals surface area contributed by atoms with E-state index in [9.17, 15) is 17.6 Å². The summed E-state index contributed by atoms with van der Waals surface area (Å²) in [6, 6.07) is 11.1. The molecular formula is C16H12FNO4S2. The molecule has 3 rings (SSSR count). The molecule has 24 heavy (non-hydrogen) atoms. The third-order valence-corrected chi connectivity index (χ3v) is 5.77. The van der Waals surface area contributed by atoms with Crippen LogP contribution in [0.2, 0.25) is 0 Å². The monoisotopic (exact) mass is 365 g/mol. The van der Waals surface area contributed by atoms with E-state index in [0.29, 0.717) is 10.6 Å². The fourth-order valence-corrected chi connectivity index (χ4v) is 4.15. The van der Waals surface area contributed by atoms with Gasteiger partial charge in [0.05, 0.1) is 12.0 Å². The van der Waals surface area contributed by atoms with E-state index in [0.717, 1.165) is 22.2 Å². The largest absolute Gasteiger partial charge is 0.465 e. The van der Waals surface area contributed by atoms with Crippen LogP contribution in [0, 0.1) is 5.82 Å². The van der Waals surface area contributed by atoms with Gasteiger partial charge in [-0.1, -0.05) is 0 Å². The highest BCUT2D eigenvalue weighted by Gasteiger charge is 2.15. The number of methoxy groups -OCH3 is 1. The van der Waals surface area contributed by atoms with Gasteiger partial charge in [-0.25, -0.2) is 17.6 Å². The van der Waals surface area contributed by atoms with E-state index in [1.54, 1.807) is 24.3 Å². The molecular weight excluding hydrogens is 353 g/mol. The molecule has 0 aliphatic carbocycles. The van der Waals surface area contributed by atoms with Crippen LogP contribution in [-0.4, -0.2) is 21.5 Å². The molecule has 0 bridgehead atoms. The molecule has 5 nitrogen and oxygen atoms in total. The number of ether oxygens (including phenoxy) is 1. The highest BCUT2D eigenvalue weighted by atomic mass is 32.2. The zero-order valence-electron chi connectivity index (χ0n) is 12.4. The number of halogens is 1. The van der Waals surface area contributed by atoms with Crippen LogP contribution in [-0.2, 0) is 14.8 Å². The smallest absolute Gasteiger partial charge is 0.348 e. The average molecular weight is 365 g/mol. The summed E-state index contributed by atoms with van der Waals surface area (Å²) in [5.41, 5.74) is 0.348. The van der Waals surface area contributed by atoms with Crippen LogP contribution in [0.3, 0.4) is 0 Å². The highest BCUT2D eigenvalue weighted by Crippen LogP contribution is 2.29. The van der Waals surface area contributed by atoms with Crippen molar-refractivity contribution in [3.05, 3.63) is 59.2 Å². The van der Waals surface area contributed by atoms with Crippen molar-refractivity contribution in [3.8, 4) is 0 Å². The van der Waals surface area contributed by atoms with Crippen LogP contribution in [0.1, 0.15) is 9.67 Å². The second-order valence-electron chi connectivity index (χ2n) is 4.91. The van der Waals surface area contributed by atoms with Crippen LogP contribution < -0.4 is 4.72 Å². The summed E-state index contributed by atoms with van der Waals surface area (Å²) in [5.74, 6) is -0.950. The Balaban J connectivity index is 1.92. The maximum atomic E-state index is 12.9. The van der Waals surface area contributed by atoms with Gasteiger partial charge >= 0.3 is 5.97 Å². The predicted molar refractivity (Wildman–Crippen MR) is 90.4 cm³/mol. The molecule has 0 aliphatic heterocycles. The number of esters is 1. The van der Waals surface area contributed by atoms with Gasteiger partial charge < -0.3 is 4.74 Å². The van der Waals surface area contributed by atoms with Gasteiger partial charge in [-0.2, -0.15) is 0 Å². The van der Waals surface area contributed by atoms with Crippen molar-refractivity contribution in [1.82, 2.24) is 0 Å². The number of rotatable bonds is 4. The molecule has 0 unspecified atom stereocenters. The van der Waals surface area contributed by atoms with Crippen molar-refractivity contribution >= 4 is 43.1 Å². The molecule has 0 amide bonds. The number of sulfonamides is 1. The Morgan fingerprint density at radius 1 is 1.12 bits per heavy atom. The van der Waals surface area contributed by atoms with Gasteiger partial charge in [0.15, 0.2) is 0 Å². The lowest BCUT2D eigenvalue weighted by molar-refractivity contribution is 0.0606. The number of nitrogens with one attached hydrogen (secondary N) is 1. The number of thiophene rings is 1. The Kier molecular flexibility index (Phi) is 4.25. The number of fused-ring (bicyclic) bond motifs is 1. The third kappa shape index (κ3) is 3.24. The summed E-state index contributed by atoms with van der Waals surface area (Å²) in [6.45, 7) is 0. The Bertz CT molecular complexity index is 1010. The van der Waals surface area contributed by atoms with Crippen molar-refractivity contribution in [3.63, 3.8) is 0 Å². The second kappa shape index (κ2) is 6.21. The summed E-state index contributed by atoms with van der Waals surface area (Å²) in [6.07, 6.45) is 0. The molecule has 8 heteroatoms. The SMILES string of the molecule is COC(=O)c1cc2cc(NS(=O)(=O)c3ccc(F)cc3)ccc2s1. The van der Waals surface area contributed by atoms with E-state index in [4.69, 9.17) is 0 Å². The topological polar surface area (TPSA) is 72.5 Å². The summed E-state index contributed by atoms with van der Waals surface area (Å²) in [4.78, 5) is 12.0. The Morgan fingerprint density at radius 2 is 1.83 bits per heavy atom. The van der Waals surface area contributed by atoms with E-state index in [2.05, 4.69) is 9.46 Å². The third-order valence-electron chi connectivity index (χ3n) is 3.28. The lowest BCUT2D eigenvalue weighted by atomic mass is 10.2. The van der Waals surface area contributed by atoms with E-state index in [1.165, 1.54) is 30.6 Å².